The Morgan fingerprint density at radius 2 is 1.92 bits per heavy atom. The van der Waals surface area contributed by atoms with Crippen molar-refractivity contribution in [2.45, 2.75) is 19.4 Å². The van der Waals surface area contributed by atoms with E-state index in [-0.39, 0.29) is 36.4 Å². The van der Waals surface area contributed by atoms with Crippen LogP contribution in [-0.4, -0.2) is 45.5 Å². The molecule has 1 aliphatic heterocycles. The van der Waals surface area contributed by atoms with Gasteiger partial charge in [0.1, 0.15) is 0 Å². The Morgan fingerprint density at radius 1 is 1.21 bits per heavy atom. The summed E-state index contributed by atoms with van der Waals surface area (Å²) in [5.41, 5.74) is 1.34. The summed E-state index contributed by atoms with van der Waals surface area (Å²) in [5.74, 6) is -0.922. The molecule has 9 heteroatoms. The van der Waals surface area contributed by atoms with E-state index in [1.54, 1.807) is 24.3 Å². The van der Waals surface area contributed by atoms with Crippen LogP contribution in [-0.2, 0) is 16.1 Å². The zero-order valence-corrected chi connectivity index (χ0v) is 13.6. The van der Waals surface area contributed by atoms with Gasteiger partial charge in [0.2, 0.25) is 5.91 Å². The van der Waals surface area contributed by atoms with E-state index in [2.05, 4.69) is 10.6 Å². The number of rotatable bonds is 7. The highest BCUT2D eigenvalue weighted by atomic mass is 32.2. The second-order valence-corrected chi connectivity index (χ2v) is 6.04. The van der Waals surface area contributed by atoms with Gasteiger partial charge in [0.25, 0.3) is 5.24 Å². The average Bonchev–Trinajstić information content (AvgIpc) is 2.85. The Hall–Kier alpha value is -2.55. The van der Waals surface area contributed by atoms with Gasteiger partial charge >= 0.3 is 12.0 Å². The summed E-state index contributed by atoms with van der Waals surface area (Å²) in [6, 6.07) is 6.37. The van der Waals surface area contributed by atoms with Gasteiger partial charge in [-0.05, 0) is 24.1 Å². The number of carboxylic acids is 1. The molecule has 0 saturated carbocycles. The number of thioether (sulfide) groups is 1. The molecule has 8 nitrogen and oxygen atoms in total. The van der Waals surface area contributed by atoms with Crippen LogP contribution < -0.4 is 10.6 Å². The number of urea groups is 1. The van der Waals surface area contributed by atoms with Crippen LogP contribution >= 0.6 is 11.8 Å². The lowest BCUT2D eigenvalue weighted by Crippen LogP contribution is -2.30. The third-order valence-corrected chi connectivity index (χ3v) is 4.10. The maximum Gasteiger partial charge on any atom is 0.319 e. The highest BCUT2D eigenvalue weighted by Gasteiger charge is 2.29. The van der Waals surface area contributed by atoms with E-state index in [9.17, 15) is 19.2 Å². The lowest BCUT2D eigenvalue weighted by molar-refractivity contribution is -0.137. The molecule has 0 atom stereocenters. The molecule has 0 radical (unpaired) electrons. The fourth-order valence-electron chi connectivity index (χ4n) is 2.03. The fraction of sp³-hybridized carbons (Fsp3) is 0.333. The molecule has 1 heterocycles. The van der Waals surface area contributed by atoms with Crippen molar-refractivity contribution >= 4 is 40.6 Å². The van der Waals surface area contributed by atoms with E-state index in [0.717, 1.165) is 17.3 Å². The van der Waals surface area contributed by atoms with Gasteiger partial charge in [-0.15, -0.1) is 0 Å². The van der Waals surface area contributed by atoms with Crippen LogP contribution in [0, 0.1) is 0 Å². The monoisotopic (exact) mass is 351 g/mol. The second-order valence-electron chi connectivity index (χ2n) is 5.11. The molecule has 0 aromatic heterocycles. The van der Waals surface area contributed by atoms with Gasteiger partial charge in [-0.1, -0.05) is 23.9 Å². The molecule has 0 spiro atoms. The van der Waals surface area contributed by atoms with Gasteiger partial charge in [-0.3, -0.25) is 19.3 Å². The molecule has 1 aromatic carbocycles. The largest absolute Gasteiger partial charge is 0.481 e. The van der Waals surface area contributed by atoms with Crippen molar-refractivity contribution in [1.82, 2.24) is 10.2 Å². The van der Waals surface area contributed by atoms with Crippen molar-refractivity contribution in [3.05, 3.63) is 29.8 Å². The molecule has 1 aliphatic rings. The van der Waals surface area contributed by atoms with Crippen molar-refractivity contribution in [2.24, 2.45) is 0 Å². The number of anilines is 1. The van der Waals surface area contributed by atoms with E-state index in [1.807, 2.05) is 0 Å². The number of nitrogens with one attached hydrogen (secondary N) is 2. The molecule has 1 fully saturated rings. The quantitative estimate of drug-likeness (QED) is 0.646. The van der Waals surface area contributed by atoms with Crippen molar-refractivity contribution in [2.75, 3.05) is 17.6 Å². The zero-order chi connectivity index (χ0) is 17.5. The summed E-state index contributed by atoms with van der Waals surface area (Å²) in [4.78, 5) is 46.3. The average molecular weight is 351 g/mol. The van der Waals surface area contributed by atoms with Crippen LogP contribution in [0.1, 0.15) is 18.4 Å². The molecule has 128 valence electrons. The summed E-state index contributed by atoms with van der Waals surface area (Å²) in [6.07, 6.45) is 0.360. The van der Waals surface area contributed by atoms with Crippen molar-refractivity contribution in [3.8, 4) is 0 Å². The lowest BCUT2D eigenvalue weighted by atomic mass is 10.2. The predicted molar refractivity (Wildman–Crippen MR) is 88.7 cm³/mol. The first-order valence-corrected chi connectivity index (χ1v) is 8.27. The van der Waals surface area contributed by atoms with Gasteiger partial charge in [0.05, 0.1) is 12.3 Å². The van der Waals surface area contributed by atoms with Crippen LogP contribution in [0.3, 0.4) is 0 Å². The number of carbonyl (C=O) groups is 4. The van der Waals surface area contributed by atoms with Gasteiger partial charge in [0.15, 0.2) is 0 Å². The van der Waals surface area contributed by atoms with E-state index >= 15 is 0 Å². The molecule has 0 unspecified atom stereocenters. The molecule has 1 saturated heterocycles. The Kier molecular flexibility index (Phi) is 6.19. The lowest BCUT2D eigenvalue weighted by Gasteiger charge is -2.13. The minimum atomic E-state index is -0.902. The van der Waals surface area contributed by atoms with Crippen LogP contribution in [0.2, 0.25) is 0 Å². The molecule has 3 N–H and O–H groups in total. The van der Waals surface area contributed by atoms with Crippen molar-refractivity contribution < 1.29 is 24.3 Å². The second kappa shape index (κ2) is 8.34. The Balaban J connectivity index is 1.79. The summed E-state index contributed by atoms with van der Waals surface area (Å²) < 4.78 is 0. The third-order valence-electron chi connectivity index (χ3n) is 3.25. The van der Waals surface area contributed by atoms with E-state index < -0.39 is 12.0 Å². The fourth-order valence-corrected chi connectivity index (χ4v) is 2.75. The third kappa shape index (κ3) is 5.27. The molecule has 0 bridgehead atoms. The number of carboxylic acid groups (broad SMARTS) is 1. The first-order chi connectivity index (χ1) is 11.5. The van der Waals surface area contributed by atoms with E-state index in [1.165, 1.54) is 4.90 Å². The first-order valence-electron chi connectivity index (χ1n) is 7.28. The molecule has 4 amide bonds. The molecular weight excluding hydrogens is 334 g/mol. The number of carbonyl (C=O) groups excluding carboxylic acids is 3. The molecule has 24 heavy (non-hydrogen) atoms. The normalized spacial score (nSPS) is 13.9. The van der Waals surface area contributed by atoms with Crippen LogP contribution in [0.4, 0.5) is 15.3 Å². The summed E-state index contributed by atoms with van der Waals surface area (Å²) in [6.45, 7) is 0.486. The Bertz CT molecular complexity index is 631. The topological polar surface area (TPSA) is 116 Å². The van der Waals surface area contributed by atoms with Gasteiger partial charge in [-0.2, -0.15) is 0 Å². The number of hydrogen-bond donors (Lipinski definition) is 3. The van der Waals surface area contributed by atoms with E-state index in [0.29, 0.717) is 12.1 Å². The molecular formula is C15H17N3O5S. The zero-order valence-electron chi connectivity index (χ0n) is 12.8. The Morgan fingerprint density at radius 3 is 2.50 bits per heavy atom. The summed E-state index contributed by atoms with van der Waals surface area (Å²) >= 11 is 0.991. The number of aliphatic carboxylic acids is 1. The maximum absolute atomic E-state index is 11.6. The summed E-state index contributed by atoms with van der Waals surface area (Å²) in [5, 5.41) is 13.4. The van der Waals surface area contributed by atoms with Crippen LogP contribution in [0.25, 0.3) is 0 Å². The van der Waals surface area contributed by atoms with Crippen LogP contribution in [0.5, 0.6) is 0 Å². The van der Waals surface area contributed by atoms with E-state index in [4.69, 9.17) is 5.11 Å². The molecule has 1 aromatic rings. The van der Waals surface area contributed by atoms with Crippen LogP contribution in [0.15, 0.2) is 24.3 Å². The number of amides is 4. The number of hydrogen-bond acceptors (Lipinski definition) is 5. The Labute approximate surface area is 142 Å². The first kappa shape index (κ1) is 17.8. The van der Waals surface area contributed by atoms with Crippen molar-refractivity contribution in [3.63, 3.8) is 0 Å². The maximum atomic E-state index is 11.6. The summed E-state index contributed by atoms with van der Waals surface area (Å²) in [7, 11) is 0. The van der Waals surface area contributed by atoms with Gasteiger partial charge in [-0.25, -0.2) is 4.79 Å². The van der Waals surface area contributed by atoms with Gasteiger partial charge < -0.3 is 15.7 Å². The smallest absolute Gasteiger partial charge is 0.319 e. The van der Waals surface area contributed by atoms with Gasteiger partial charge in [0, 0.05) is 18.7 Å². The molecule has 0 aliphatic carbocycles. The minimum absolute atomic E-state index is 0.00119. The minimum Gasteiger partial charge on any atom is -0.481 e. The van der Waals surface area contributed by atoms with Crippen molar-refractivity contribution in [1.29, 1.82) is 0 Å². The SMILES string of the molecule is O=C(O)CCCNC(=O)Nc1ccc(CN2C(=O)CSC2=O)cc1. The number of imide groups is 1. The number of nitrogens with zero attached hydrogens (tertiary/aromatic N) is 1. The molecule has 2 rings (SSSR count). The predicted octanol–water partition coefficient (Wildman–Crippen LogP) is 1.87. The standard InChI is InChI=1S/C15H17N3O5S/c19-12-9-24-15(23)18(12)8-10-3-5-11(6-4-10)17-14(22)16-7-1-2-13(20)21/h3-6H,1-2,7-9H2,(H,20,21)(H2,16,17,22). The number of benzene rings is 1. The highest BCUT2D eigenvalue weighted by Crippen LogP contribution is 2.21. The highest BCUT2D eigenvalue weighted by molar-refractivity contribution is 8.14.